The monoisotopic (exact) mass is 408 g/mol. The van der Waals surface area contributed by atoms with Gasteiger partial charge in [0.1, 0.15) is 24.4 Å². The summed E-state index contributed by atoms with van der Waals surface area (Å²) in [7, 11) is 1.53. The lowest BCUT2D eigenvalue weighted by atomic mass is 10.2. The van der Waals surface area contributed by atoms with Crippen LogP contribution in [0.15, 0.2) is 59.7 Å². The number of hydrogen-bond acceptors (Lipinski definition) is 6. The minimum atomic E-state index is -0.494. The first-order valence-corrected chi connectivity index (χ1v) is 9.00. The van der Waals surface area contributed by atoms with Crippen LogP contribution in [0.25, 0.3) is 11.2 Å². The van der Waals surface area contributed by atoms with Crippen LogP contribution < -0.4 is 15.6 Å². The average Bonchev–Trinajstić information content (AvgIpc) is 3.13. The fourth-order valence-corrected chi connectivity index (χ4v) is 2.97. The standard InChI is InChI=1S/C20H17FN6O3/c1-30-16-7-3-6-15(9-16)23-17(28)11-26-12-22-19-18(20(26)29)24-25-27(19)10-13-4-2-5-14(21)8-13/h2-9,12H,10-11H2,1H3,(H,23,28). The van der Waals surface area contributed by atoms with E-state index in [1.165, 1.54) is 30.3 Å². The van der Waals surface area contributed by atoms with Crippen LogP contribution in [0.1, 0.15) is 5.56 Å². The normalized spacial score (nSPS) is 10.9. The van der Waals surface area contributed by atoms with Crippen LogP contribution in [0.4, 0.5) is 10.1 Å². The number of fused-ring (bicyclic) bond motifs is 1. The van der Waals surface area contributed by atoms with Gasteiger partial charge in [0.2, 0.25) is 5.91 Å². The molecule has 4 aromatic rings. The van der Waals surface area contributed by atoms with Gasteiger partial charge in [0.25, 0.3) is 5.56 Å². The number of nitrogens with one attached hydrogen (secondary N) is 1. The van der Waals surface area contributed by atoms with E-state index in [2.05, 4.69) is 20.6 Å². The Hall–Kier alpha value is -4.08. The Kier molecular flexibility index (Phi) is 5.21. The van der Waals surface area contributed by atoms with Crippen LogP contribution in [0.3, 0.4) is 0 Å². The molecule has 0 fully saturated rings. The van der Waals surface area contributed by atoms with E-state index in [1.54, 1.807) is 36.4 Å². The van der Waals surface area contributed by atoms with Gasteiger partial charge in [-0.3, -0.25) is 14.2 Å². The Bertz CT molecular complexity index is 1280. The molecule has 0 radical (unpaired) electrons. The summed E-state index contributed by atoms with van der Waals surface area (Å²) in [6.07, 6.45) is 1.27. The summed E-state index contributed by atoms with van der Waals surface area (Å²) in [4.78, 5) is 29.2. The molecule has 1 amide bonds. The van der Waals surface area contributed by atoms with Crippen molar-refractivity contribution in [1.29, 1.82) is 0 Å². The quantitative estimate of drug-likeness (QED) is 0.522. The van der Waals surface area contributed by atoms with Crippen molar-refractivity contribution < 1.29 is 13.9 Å². The highest BCUT2D eigenvalue weighted by molar-refractivity contribution is 5.90. The summed E-state index contributed by atoms with van der Waals surface area (Å²) >= 11 is 0. The van der Waals surface area contributed by atoms with E-state index in [1.807, 2.05) is 0 Å². The van der Waals surface area contributed by atoms with Crippen LogP contribution in [-0.2, 0) is 17.9 Å². The third kappa shape index (κ3) is 4.02. The Labute approximate surface area is 169 Å². The molecule has 152 valence electrons. The molecule has 30 heavy (non-hydrogen) atoms. The molecule has 0 aliphatic carbocycles. The second-order valence-corrected chi connectivity index (χ2v) is 6.51. The first-order valence-electron chi connectivity index (χ1n) is 9.00. The summed E-state index contributed by atoms with van der Waals surface area (Å²) in [5, 5.41) is 10.5. The third-order valence-electron chi connectivity index (χ3n) is 4.38. The topological polar surface area (TPSA) is 104 Å². The molecule has 0 atom stereocenters. The van der Waals surface area contributed by atoms with Gasteiger partial charge in [0.15, 0.2) is 11.2 Å². The molecule has 0 spiro atoms. The number of anilines is 1. The van der Waals surface area contributed by atoms with Crippen molar-refractivity contribution in [2.45, 2.75) is 13.1 Å². The second kappa shape index (κ2) is 8.11. The fourth-order valence-electron chi connectivity index (χ4n) is 2.97. The van der Waals surface area contributed by atoms with Gasteiger partial charge in [-0.15, -0.1) is 5.10 Å². The number of carbonyl (C=O) groups excluding carboxylic acids is 1. The molecule has 2 heterocycles. The second-order valence-electron chi connectivity index (χ2n) is 6.51. The predicted molar refractivity (Wildman–Crippen MR) is 107 cm³/mol. The molecule has 10 heteroatoms. The summed E-state index contributed by atoms with van der Waals surface area (Å²) in [5.41, 5.74) is 0.996. The highest BCUT2D eigenvalue weighted by Gasteiger charge is 2.14. The summed E-state index contributed by atoms with van der Waals surface area (Å²) in [6, 6.07) is 12.9. The SMILES string of the molecule is COc1cccc(NC(=O)Cn2cnc3c(nnn3Cc3cccc(F)c3)c2=O)c1. The zero-order valence-electron chi connectivity index (χ0n) is 15.9. The van der Waals surface area contributed by atoms with Gasteiger partial charge in [-0.1, -0.05) is 23.4 Å². The van der Waals surface area contributed by atoms with Crippen molar-refractivity contribution in [1.82, 2.24) is 24.5 Å². The number of nitrogens with zero attached hydrogens (tertiary/aromatic N) is 5. The van der Waals surface area contributed by atoms with E-state index in [0.29, 0.717) is 17.0 Å². The average molecular weight is 408 g/mol. The van der Waals surface area contributed by atoms with Gasteiger partial charge in [0, 0.05) is 11.8 Å². The maximum atomic E-state index is 13.4. The molecule has 1 N–H and O–H groups in total. The zero-order valence-corrected chi connectivity index (χ0v) is 15.9. The number of hydrogen-bond donors (Lipinski definition) is 1. The minimum Gasteiger partial charge on any atom is -0.497 e. The molecule has 0 aliphatic rings. The summed E-state index contributed by atoms with van der Waals surface area (Å²) < 4.78 is 21.1. The molecular formula is C20H17FN6O3. The lowest BCUT2D eigenvalue weighted by molar-refractivity contribution is -0.116. The van der Waals surface area contributed by atoms with Crippen LogP contribution in [-0.4, -0.2) is 37.6 Å². The van der Waals surface area contributed by atoms with Gasteiger partial charge in [0.05, 0.1) is 13.7 Å². The highest BCUT2D eigenvalue weighted by atomic mass is 19.1. The number of methoxy groups -OCH3 is 1. The minimum absolute atomic E-state index is 0.0306. The smallest absolute Gasteiger partial charge is 0.283 e. The molecule has 0 unspecified atom stereocenters. The number of ether oxygens (including phenoxy) is 1. The predicted octanol–water partition coefficient (Wildman–Crippen LogP) is 1.82. The molecule has 2 aromatic heterocycles. The van der Waals surface area contributed by atoms with Gasteiger partial charge in [-0.05, 0) is 29.8 Å². The summed E-state index contributed by atoms with van der Waals surface area (Å²) in [5.74, 6) is -0.170. The molecule has 9 nitrogen and oxygen atoms in total. The van der Waals surface area contributed by atoms with Gasteiger partial charge < -0.3 is 10.1 Å². The first-order chi connectivity index (χ1) is 14.5. The number of rotatable bonds is 6. The van der Waals surface area contributed by atoms with E-state index >= 15 is 0 Å². The van der Waals surface area contributed by atoms with E-state index in [9.17, 15) is 14.0 Å². The highest BCUT2D eigenvalue weighted by Crippen LogP contribution is 2.16. The van der Waals surface area contributed by atoms with Crippen molar-refractivity contribution in [3.63, 3.8) is 0 Å². The van der Waals surface area contributed by atoms with Crippen molar-refractivity contribution in [2.75, 3.05) is 12.4 Å². The Balaban J connectivity index is 1.53. The number of halogens is 1. The number of aromatic nitrogens is 5. The van der Waals surface area contributed by atoms with Crippen LogP contribution in [0, 0.1) is 5.82 Å². The molecule has 0 saturated carbocycles. The Morgan fingerprint density at radius 3 is 2.83 bits per heavy atom. The Morgan fingerprint density at radius 2 is 2.03 bits per heavy atom. The van der Waals surface area contributed by atoms with E-state index < -0.39 is 11.5 Å². The zero-order chi connectivity index (χ0) is 21.1. The fraction of sp³-hybridized carbons (Fsp3) is 0.150. The molecule has 0 saturated heterocycles. The summed E-state index contributed by atoms with van der Waals surface area (Å²) in [6.45, 7) is -0.0310. The van der Waals surface area contributed by atoms with Crippen molar-refractivity contribution >= 4 is 22.8 Å². The van der Waals surface area contributed by atoms with E-state index in [-0.39, 0.29) is 30.1 Å². The number of carbonyl (C=O) groups is 1. The van der Waals surface area contributed by atoms with Crippen molar-refractivity contribution in [3.8, 4) is 5.75 Å². The van der Waals surface area contributed by atoms with Crippen molar-refractivity contribution in [3.05, 3.63) is 76.6 Å². The third-order valence-corrected chi connectivity index (χ3v) is 4.38. The van der Waals surface area contributed by atoms with E-state index in [0.717, 1.165) is 4.57 Å². The lowest BCUT2D eigenvalue weighted by Crippen LogP contribution is -2.28. The molecule has 0 bridgehead atoms. The lowest BCUT2D eigenvalue weighted by Gasteiger charge is -2.08. The van der Waals surface area contributed by atoms with E-state index in [4.69, 9.17) is 4.74 Å². The van der Waals surface area contributed by atoms with Crippen LogP contribution in [0.5, 0.6) is 5.75 Å². The molecular weight excluding hydrogens is 391 g/mol. The Morgan fingerprint density at radius 1 is 1.20 bits per heavy atom. The molecule has 0 aliphatic heterocycles. The van der Waals surface area contributed by atoms with Crippen LogP contribution in [0.2, 0.25) is 0 Å². The first kappa shape index (κ1) is 19.2. The number of benzene rings is 2. The molecule has 4 rings (SSSR count). The van der Waals surface area contributed by atoms with Gasteiger partial charge in [-0.2, -0.15) is 0 Å². The molecule has 2 aromatic carbocycles. The van der Waals surface area contributed by atoms with Gasteiger partial charge >= 0.3 is 0 Å². The van der Waals surface area contributed by atoms with Crippen molar-refractivity contribution in [2.24, 2.45) is 0 Å². The van der Waals surface area contributed by atoms with Crippen LogP contribution >= 0.6 is 0 Å². The largest absolute Gasteiger partial charge is 0.497 e. The van der Waals surface area contributed by atoms with Gasteiger partial charge in [-0.25, -0.2) is 14.1 Å². The number of amides is 1. The maximum Gasteiger partial charge on any atom is 0.283 e. The maximum absolute atomic E-state index is 13.4.